The molecule has 5 nitrogen and oxygen atoms in total. The first-order valence-electron chi connectivity index (χ1n) is 11.7. The molecule has 3 heterocycles. The lowest BCUT2D eigenvalue weighted by atomic mass is 9.39. The summed E-state index contributed by atoms with van der Waals surface area (Å²) in [4.78, 5) is 26.4. The van der Waals surface area contributed by atoms with E-state index < -0.39 is 16.6 Å². The molecular formula is C26H32O5. The zero-order chi connectivity index (χ0) is 22.0. The minimum atomic E-state index is -0.691. The maximum absolute atomic E-state index is 14.1. The second-order valence-corrected chi connectivity index (χ2v) is 11.8. The number of fused-ring (bicyclic) bond motifs is 3. The number of Topliss-reactive ketones (excluding diaryl/α,β-unsaturated/α-hetero) is 1. The quantitative estimate of drug-likeness (QED) is 0.478. The molecule has 1 aromatic heterocycles. The first-order valence-corrected chi connectivity index (χ1v) is 11.7. The number of ether oxygens (including phenoxy) is 2. The van der Waals surface area contributed by atoms with Crippen LogP contribution in [0.25, 0.3) is 0 Å². The van der Waals surface area contributed by atoms with Crippen LogP contribution in [0.2, 0.25) is 0 Å². The molecule has 0 amide bonds. The van der Waals surface area contributed by atoms with Gasteiger partial charge in [0.15, 0.2) is 0 Å². The van der Waals surface area contributed by atoms with Gasteiger partial charge >= 0.3 is 5.97 Å². The largest absolute Gasteiger partial charge is 0.472 e. The van der Waals surface area contributed by atoms with Gasteiger partial charge in [-0.15, -0.1) is 0 Å². The van der Waals surface area contributed by atoms with Crippen molar-refractivity contribution in [2.75, 3.05) is 0 Å². The SMILES string of the molecule is CC1(C)OC(=O)C=C[C@@]2(C)[C@H]1CC(=O)[C@]1(C)[C@H]2CC[C@@]2(C)[C@H](c3ccoc3)C[C@H]3O[C@]321. The molecule has 5 aliphatic rings. The van der Waals surface area contributed by atoms with E-state index in [0.29, 0.717) is 12.3 Å². The second kappa shape index (κ2) is 5.54. The van der Waals surface area contributed by atoms with E-state index in [0.717, 1.165) is 19.3 Å². The molecule has 8 atom stereocenters. The average Bonchev–Trinajstić information content (AvgIpc) is 3.09. The van der Waals surface area contributed by atoms with Gasteiger partial charge in [-0.3, -0.25) is 4.79 Å². The molecule has 0 radical (unpaired) electrons. The first kappa shape index (κ1) is 19.8. The highest BCUT2D eigenvalue weighted by molar-refractivity contribution is 5.90. The summed E-state index contributed by atoms with van der Waals surface area (Å²) in [6.45, 7) is 10.7. The van der Waals surface area contributed by atoms with Gasteiger partial charge in [-0.1, -0.05) is 19.9 Å². The van der Waals surface area contributed by atoms with E-state index in [9.17, 15) is 9.59 Å². The second-order valence-electron chi connectivity index (χ2n) is 11.8. The third-order valence-electron chi connectivity index (χ3n) is 10.4. The fraction of sp³-hybridized carbons (Fsp3) is 0.692. The van der Waals surface area contributed by atoms with Crippen LogP contribution in [0.4, 0.5) is 0 Å². The van der Waals surface area contributed by atoms with Crippen LogP contribution in [-0.4, -0.2) is 29.1 Å². The topological polar surface area (TPSA) is 69.0 Å². The lowest BCUT2D eigenvalue weighted by molar-refractivity contribution is -0.195. The van der Waals surface area contributed by atoms with E-state index in [4.69, 9.17) is 13.9 Å². The van der Waals surface area contributed by atoms with Crippen molar-refractivity contribution in [1.29, 1.82) is 0 Å². The maximum atomic E-state index is 14.1. The van der Waals surface area contributed by atoms with Crippen LogP contribution in [0.5, 0.6) is 0 Å². The summed E-state index contributed by atoms with van der Waals surface area (Å²) in [6.07, 6.45) is 10.7. The van der Waals surface area contributed by atoms with E-state index in [1.165, 1.54) is 5.56 Å². The molecule has 0 aromatic carbocycles. The Kier molecular flexibility index (Phi) is 3.53. The number of cyclic esters (lactones) is 1. The number of carbonyl (C=O) groups is 2. The molecule has 31 heavy (non-hydrogen) atoms. The molecule has 2 aliphatic heterocycles. The Morgan fingerprint density at radius 2 is 1.84 bits per heavy atom. The van der Waals surface area contributed by atoms with Gasteiger partial charge in [-0.2, -0.15) is 0 Å². The number of carbonyl (C=O) groups excluding carboxylic acids is 2. The normalized spacial score (nSPS) is 51.8. The number of ketones is 1. The molecule has 3 aliphatic carbocycles. The van der Waals surface area contributed by atoms with Crippen molar-refractivity contribution in [1.82, 2.24) is 0 Å². The van der Waals surface area contributed by atoms with Crippen LogP contribution in [0, 0.1) is 28.1 Å². The Morgan fingerprint density at radius 1 is 1.06 bits per heavy atom. The zero-order valence-corrected chi connectivity index (χ0v) is 19.1. The number of furan rings is 1. The van der Waals surface area contributed by atoms with E-state index in [2.05, 4.69) is 32.9 Å². The molecule has 1 saturated heterocycles. The summed E-state index contributed by atoms with van der Waals surface area (Å²) < 4.78 is 17.8. The fourth-order valence-corrected chi connectivity index (χ4v) is 9.05. The summed E-state index contributed by atoms with van der Waals surface area (Å²) in [5, 5.41) is 0. The monoisotopic (exact) mass is 424 g/mol. The number of epoxide rings is 1. The summed E-state index contributed by atoms with van der Waals surface area (Å²) in [5.74, 6) is 0.373. The van der Waals surface area contributed by atoms with Crippen LogP contribution >= 0.6 is 0 Å². The van der Waals surface area contributed by atoms with Crippen molar-refractivity contribution in [2.45, 2.75) is 83.5 Å². The van der Waals surface area contributed by atoms with Crippen molar-refractivity contribution in [3.05, 3.63) is 36.3 Å². The summed E-state index contributed by atoms with van der Waals surface area (Å²) in [5.41, 5.74) is -0.904. The summed E-state index contributed by atoms with van der Waals surface area (Å²) in [6, 6.07) is 2.07. The van der Waals surface area contributed by atoms with Crippen LogP contribution in [0.3, 0.4) is 0 Å². The lowest BCUT2D eigenvalue weighted by Gasteiger charge is -2.63. The molecule has 3 saturated carbocycles. The minimum absolute atomic E-state index is 0.0442. The van der Waals surface area contributed by atoms with Crippen molar-refractivity contribution in [2.24, 2.45) is 28.1 Å². The predicted molar refractivity (Wildman–Crippen MR) is 113 cm³/mol. The number of rotatable bonds is 1. The van der Waals surface area contributed by atoms with Gasteiger partial charge in [0.1, 0.15) is 17.0 Å². The van der Waals surface area contributed by atoms with Crippen LogP contribution in [-0.2, 0) is 19.1 Å². The Labute approximate surface area is 183 Å². The van der Waals surface area contributed by atoms with Gasteiger partial charge in [0, 0.05) is 23.8 Å². The number of esters is 1. The van der Waals surface area contributed by atoms with E-state index >= 15 is 0 Å². The minimum Gasteiger partial charge on any atom is -0.472 e. The highest BCUT2D eigenvalue weighted by Gasteiger charge is 2.86. The molecule has 1 spiro atoms. The molecule has 6 rings (SSSR count). The van der Waals surface area contributed by atoms with Gasteiger partial charge in [-0.05, 0) is 68.9 Å². The molecule has 5 heteroatoms. The summed E-state index contributed by atoms with van der Waals surface area (Å²) in [7, 11) is 0. The third kappa shape index (κ3) is 2.03. The van der Waals surface area contributed by atoms with E-state index in [1.54, 1.807) is 12.3 Å². The van der Waals surface area contributed by atoms with Crippen molar-refractivity contribution >= 4 is 11.8 Å². The molecule has 0 unspecified atom stereocenters. The highest BCUT2D eigenvalue weighted by Crippen LogP contribution is 2.81. The summed E-state index contributed by atoms with van der Waals surface area (Å²) >= 11 is 0. The van der Waals surface area contributed by atoms with Crippen LogP contribution in [0.1, 0.15) is 71.8 Å². The van der Waals surface area contributed by atoms with Crippen LogP contribution in [0.15, 0.2) is 35.2 Å². The predicted octanol–water partition coefficient (Wildman–Crippen LogP) is 4.81. The van der Waals surface area contributed by atoms with Gasteiger partial charge in [0.25, 0.3) is 0 Å². The molecular weight excluding hydrogens is 392 g/mol. The van der Waals surface area contributed by atoms with Crippen molar-refractivity contribution < 1.29 is 23.5 Å². The molecule has 0 N–H and O–H groups in total. The Bertz CT molecular complexity index is 1010. The highest BCUT2D eigenvalue weighted by atomic mass is 16.6. The van der Waals surface area contributed by atoms with E-state index in [1.807, 2.05) is 20.1 Å². The number of allylic oxidation sites excluding steroid dienone is 1. The lowest BCUT2D eigenvalue weighted by Crippen LogP contribution is -2.68. The number of hydrogen-bond acceptors (Lipinski definition) is 5. The number of hydrogen-bond donors (Lipinski definition) is 0. The molecule has 1 aromatic rings. The van der Waals surface area contributed by atoms with Gasteiger partial charge in [-0.25, -0.2) is 4.79 Å². The van der Waals surface area contributed by atoms with Gasteiger partial charge in [0.2, 0.25) is 0 Å². The smallest absolute Gasteiger partial charge is 0.330 e. The first-order chi connectivity index (χ1) is 14.5. The van der Waals surface area contributed by atoms with Crippen molar-refractivity contribution in [3.63, 3.8) is 0 Å². The van der Waals surface area contributed by atoms with E-state index in [-0.39, 0.29) is 40.5 Å². The van der Waals surface area contributed by atoms with Gasteiger partial charge < -0.3 is 13.9 Å². The van der Waals surface area contributed by atoms with Crippen molar-refractivity contribution in [3.8, 4) is 0 Å². The Balaban J connectivity index is 1.49. The molecule has 166 valence electrons. The zero-order valence-electron chi connectivity index (χ0n) is 19.1. The fourth-order valence-electron chi connectivity index (χ4n) is 9.05. The Morgan fingerprint density at radius 3 is 2.55 bits per heavy atom. The maximum Gasteiger partial charge on any atom is 0.330 e. The Hall–Kier alpha value is -1.88. The molecule has 0 bridgehead atoms. The van der Waals surface area contributed by atoms with Gasteiger partial charge in [0.05, 0.1) is 24.0 Å². The molecule has 4 fully saturated rings. The van der Waals surface area contributed by atoms with Crippen LogP contribution < -0.4 is 0 Å². The third-order valence-corrected chi connectivity index (χ3v) is 10.4. The average molecular weight is 425 g/mol. The standard InChI is InChI=1S/C26H32O5/c1-22(2)18-13-19(27)25(5)17(23(18,3)9-7-21(28)31-22)6-10-24(4)16(15-8-11-29-14-15)12-20-26(24,25)30-20/h7-9,11,14,16-18,20H,6,10,12-13H2,1-5H3/t16-,17-,18-,20+,23+,24-,25-,26+/m0/s1.